The summed E-state index contributed by atoms with van der Waals surface area (Å²) in [5.41, 5.74) is 6.49. The first-order chi connectivity index (χ1) is 8.31. The van der Waals surface area contributed by atoms with Gasteiger partial charge in [0.1, 0.15) is 0 Å². The van der Waals surface area contributed by atoms with E-state index in [2.05, 4.69) is 5.32 Å². The summed E-state index contributed by atoms with van der Waals surface area (Å²) >= 11 is 0. The fraction of sp³-hybridized carbons (Fsp3) is 0.500. The molecule has 0 spiro atoms. The summed E-state index contributed by atoms with van der Waals surface area (Å²) < 4.78 is 0. The molecule has 0 aromatic heterocycles. The van der Waals surface area contributed by atoms with E-state index in [9.17, 15) is 4.79 Å². The van der Waals surface area contributed by atoms with Crippen LogP contribution in [-0.4, -0.2) is 18.5 Å². The molecule has 17 heavy (non-hydrogen) atoms. The molecule has 1 aliphatic rings. The summed E-state index contributed by atoms with van der Waals surface area (Å²) in [7, 11) is 0. The minimum atomic E-state index is 0.0240. The normalized spacial score (nSPS) is 24.3. The van der Waals surface area contributed by atoms with Gasteiger partial charge in [0, 0.05) is 11.6 Å². The lowest BCUT2D eigenvalue weighted by Crippen LogP contribution is -2.44. The van der Waals surface area contributed by atoms with Gasteiger partial charge in [-0.3, -0.25) is 4.79 Å². The van der Waals surface area contributed by atoms with Crippen molar-refractivity contribution < 1.29 is 4.79 Å². The number of benzene rings is 1. The van der Waals surface area contributed by atoms with Crippen molar-refractivity contribution in [2.24, 2.45) is 11.7 Å². The van der Waals surface area contributed by atoms with Crippen molar-refractivity contribution in [1.29, 1.82) is 0 Å². The second-order valence-electron chi connectivity index (χ2n) is 4.73. The van der Waals surface area contributed by atoms with Crippen molar-refractivity contribution in [1.82, 2.24) is 5.32 Å². The zero-order valence-electron chi connectivity index (χ0n) is 10.1. The minimum absolute atomic E-state index is 0.0240. The van der Waals surface area contributed by atoms with Gasteiger partial charge in [0.05, 0.1) is 0 Å². The highest BCUT2D eigenvalue weighted by Crippen LogP contribution is 2.23. The molecule has 3 heteroatoms. The van der Waals surface area contributed by atoms with Crippen molar-refractivity contribution in [3.8, 4) is 0 Å². The van der Waals surface area contributed by atoms with Gasteiger partial charge in [-0.2, -0.15) is 0 Å². The molecule has 3 nitrogen and oxygen atoms in total. The Labute approximate surface area is 102 Å². The largest absolute Gasteiger partial charge is 0.349 e. The molecule has 3 N–H and O–H groups in total. The van der Waals surface area contributed by atoms with Crippen LogP contribution in [0.2, 0.25) is 0 Å². The smallest absolute Gasteiger partial charge is 0.251 e. The number of carbonyl (C=O) groups excluding carboxylic acids is 1. The number of hydrogen-bond acceptors (Lipinski definition) is 2. The predicted octanol–water partition coefficient (Wildman–Crippen LogP) is 1.93. The van der Waals surface area contributed by atoms with Crippen molar-refractivity contribution in [3.05, 3.63) is 35.9 Å². The first-order valence-electron chi connectivity index (χ1n) is 6.37. The van der Waals surface area contributed by atoms with Gasteiger partial charge in [0.25, 0.3) is 5.91 Å². The van der Waals surface area contributed by atoms with Gasteiger partial charge in [-0.25, -0.2) is 0 Å². The summed E-state index contributed by atoms with van der Waals surface area (Å²) in [6.07, 6.45) is 4.62. The highest BCUT2D eigenvalue weighted by molar-refractivity contribution is 5.94. The average Bonchev–Trinajstić information content (AvgIpc) is 2.40. The molecule has 1 aromatic carbocycles. The van der Waals surface area contributed by atoms with Crippen molar-refractivity contribution in [2.45, 2.75) is 31.7 Å². The molecule has 1 aliphatic carbocycles. The minimum Gasteiger partial charge on any atom is -0.349 e. The fourth-order valence-electron chi connectivity index (χ4n) is 2.52. The standard InChI is InChI=1S/C14H20N2O/c15-10-12-8-4-5-9-13(12)16-14(17)11-6-2-1-3-7-11/h1-3,6-7,12-13H,4-5,8-10,15H2,(H,16,17)/t12-,13+/m0/s1. The molecule has 1 aromatic rings. The molecule has 0 saturated heterocycles. The molecule has 0 unspecified atom stereocenters. The summed E-state index contributed by atoms with van der Waals surface area (Å²) in [4.78, 5) is 12.0. The number of nitrogens with two attached hydrogens (primary N) is 1. The van der Waals surface area contributed by atoms with Crippen LogP contribution >= 0.6 is 0 Å². The number of nitrogens with one attached hydrogen (secondary N) is 1. The Morgan fingerprint density at radius 3 is 2.65 bits per heavy atom. The molecule has 92 valence electrons. The summed E-state index contributed by atoms with van der Waals surface area (Å²) in [5, 5.41) is 3.12. The third-order valence-electron chi connectivity index (χ3n) is 3.56. The monoisotopic (exact) mass is 232 g/mol. The van der Waals surface area contributed by atoms with E-state index in [1.54, 1.807) is 0 Å². The molecule has 0 aliphatic heterocycles. The van der Waals surface area contributed by atoms with E-state index in [4.69, 9.17) is 5.73 Å². The first kappa shape index (κ1) is 12.1. The highest BCUT2D eigenvalue weighted by atomic mass is 16.1. The fourth-order valence-corrected chi connectivity index (χ4v) is 2.52. The Morgan fingerprint density at radius 1 is 1.24 bits per heavy atom. The van der Waals surface area contributed by atoms with Gasteiger partial charge in [0.15, 0.2) is 0 Å². The Morgan fingerprint density at radius 2 is 1.94 bits per heavy atom. The lowest BCUT2D eigenvalue weighted by molar-refractivity contribution is 0.0908. The van der Waals surface area contributed by atoms with Crippen LogP contribution < -0.4 is 11.1 Å². The second-order valence-corrected chi connectivity index (χ2v) is 4.73. The van der Waals surface area contributed by atoms with Crippen molar-refractivity contribution in [2.75, 3.05) is 6.54 Å². The van der Waals surface area contributed by atoms with Gasteiger partial charge in [0.2, 0.25) is 0 Å². The maximum Gasteiger partial charge on any atom is 0.251 e. The van der Waals surface area contributed by atoms with Gasteiger partial charge >= 0.3 is 0 Å². The van der Waals surface area contributed by atoms with Gasteiger partial charge in [-0.05, 0) is 37.4 Å². The zero-order valence-corrected chi connectivity index (χ0v) is 10.1. The third-order valence-corrected chi connectivity index (χ3v) is 3.56. The number of hydrogen-bond donors (Lipinski definition) is 2. The summed E-state index contributed by atoms with van der Waals surface area (Å²) in [6.45, 7) is 0.666. The Bertz CT molecular complexity index is 364. The van der Waals surface area contributed by atoms with Crippen LogP contribution in [-0.2, 0) is 0 Å². The van der Waals surface area contributed by atoms with E-state index in [1.807, 2.05) is 30.3 Å². The summed E-state index contributed by atoms with van der Waals surface area (Å²) in [6, 6.07) is 9.62. The van der Waals surface area contributed by atoms with Gasteiger partial charge in [-0.1, -0.05) is 31.0 Å². The van der Waals surface area contributed by atoms with Crippen LogP contribution in [0, 0.1) is 5.92 Å². The van der Waals surface area contributed by atoms with Gasteiger partial charge < -0.3 is 11.1 Å². The number of rotatable bonds is 3. The third kappa shape index (κ3) is 3.07. The number of amides is 1. The SMILES string of the molecule is NC[C@@H]1CCCC[C@H]1NC(=O)c1ccccc1. The Hall–Kier alpha value is -1.35. The van der Waals surface area contributed by atoms with Crippen LogP contribution in [0.4, 0.5) is 0 Å². The van der Waals surface area contributed by atoms with Crippen LogP contribution in [0.25, 0.3) is 0 Å². The maximum atomic E-state index is 12.0. The molecular formula is C14H20N2O. The first-order valence-corrected chi connectivity index (χ1v) is 6.37. The lowest BCUT2D eigenvalue weighted by atomic mass is 9.84. The van der Waals surface area contributed by atoms with Crippen LogP contribution in [0.1, 0.15) is 36.0 Å². The predicted molar refractivity (Wildman–Crippen MR) is 68.7 cm³/mol. The number of carbonyl (C=O) groups is 1. The van der Waals surface area contributed by atoms with Gasteiger partial charge in [-0.15, -0.1) is 0 Å². The van der Waals surface area contributed by atoms with E-state index in [0.29, 0.717) is 12.5 Å². The van der Waals surface area contributed by atoms with E-state index >= 15 is 0 Å². The average molecular weight is 232 g/mol. The van der Waals surface area contributed by atoms with Crippen LogP contribution in [0.15, 0.2) is 30.3 Å². The maximum absolute atomic E-state index is 12.0. The lowest BCUT2D eigenvalue weighted by Gasteiger charge is -2.31. The molecule has 1 saturated carbocycles. The molecule has 0 bridgehead atoms. The quantitative estimate of drug-likeness (QED) is 0.836. The second kappa shape index (κ2) is 5.82. The van der Waals surface area contributed by atoms with Crippen LogP contribution in [0.5, 0.6) is 0 Å². The van der Waals surface area contributed by atoms with E-state index in [0.717, 1.165) is 18.4 Å². The van der Waals surface area contributed by atoms with Crippen molar-refractivity contribution >= 4 is 5.91 Å². The topological polar surface area (TPSA) is 55.1 Å². The molecular weight excluding hydrogens is 212 g/mol. The van der Waals surface area contributed by atoms with Crippen LogP contribution in [0.3, 0.4) is 0 Å². The molecule has 2 rings (SSSR count). The summed E-state index contributed by atoms with van der Waals surface area (Å²) in [5.74, 6) is 0.465. The van der Waals surface area contributed by atoms with E-state index in [1.165, 1.54) is 12.8 Å². The zero-order chi connectivity index (χ0) is 12.1. The Balaban J connectivity index is 1.98. The van der Waals surface area contributed by atoms with Crippen molar-refractivity contribution in [3.63, 3.8) is 0 Å². The Kier molecular flexibility index (Phi) is 4.15. The van der Waals surface area contributed by atoms with E-state index in [-0.39, 0.29) is 11.9 Å². The highest BCUT2D eigenvalue weighted by Gasteiger charge is 2.25. The molecule has 0 radical (unpaired) electrons. The van der Waals surface area contributed by atoms with E-state index < -0.39 is 0 Å². The molecule has 1 fully saturated rings. The molecule has 2 atom stereocenters. The molecule has 1 amide bonds. The molecule has 0 heterocycles.